The molecule has 2 rings (SSSR count). The van der Waals surface area contributed by atoms with E-state index in [1.807, 2.05) is 0 Å². The Kier molecular flexibility index (Phi) is 40.3. The number of carbonyl (C=O) groups is 19. The molecule has 0 bridgehead atoms. The Hall–Kier alpha value is -10.8. The van der Waals surface area contributed by atoms with Crippen LogP contribution >= 0.6 is 11.8 Å². The summed E-state index contributed by atoms with van der Waals surface area (Å²) in [6.45, 7) is 4.11. The largest absolute Gasteiger partial charge is 0.492 e. The average molecular weight is 1520 g/mol. The standard InChI is InChI=1S/C63H99N19O23S/c1-31(83)51-61(103)78-42(27-49(90)91)58(100)74-37(14-16-45(66)86)54(96)79-44(30-106-24-18-39(72-33(3)85)55(97)73-38(56(98)81-51)15-17-46(67)87)59(101)75-40(25-34-10-12-35(13-11-34)105-23-21-65)57(99)77-43(28-50(92)93)60(102)82-63(4,19-6-7-20-64)62(104)80-36(9-5-8-22-70-32(2)84)53(95)76-41(26-47(68)88)52(94)71-29-48(69)89/h10-13,31,36-44,51,83H,5-9,14-30,64-65H2,1-4H3,(H2,66,86)(H2,67,87)(H2,68,88)(H2,69,89)(H,70,84)(H,71,94)(H,72,85)(H,73,97)(H,74,100)(H,75,101)(H,76,95)(H,77,99)(H,78,103)(H,79,96)(H,80,104)(H,81,98)(H,82,102)(H,90,91)(H,92,93)/t31-,36+,37+,38+,39+,40+,41+,42+,43+,44+,51+,63+/m1/s1. The highest BCUT2D eigenvalue weighted by Gasteiger charge is 2.42. The zero-order chi connectivity index (χ0) is 80.0. The molecule has 0 aliphatic carbocycles. The molecule has 0 aromatic heterocycles. The summed E-state index contributed by atoms with van der Waals surface area (Å²) in [5.41, 5.74) is 30.8. The first kappa shape index (κ1) is 91.3. The van der Waals surface area contributed by atoms with E-state index in [9.17, 15) is 102 Å². The molecule has 12 atom stereocenters. The van der Waals surface area contributed by atoms with Crippen LogP contribution in [-0.2, 0) is 97.5 Å². The number of ether oxygens (including phenoxy) is 1. The second-order valence-electron chi connectivity index (χ2n) is 24.9. The SMILES string of the molecule is CC(=O)NCCCC[C@H](NC(=O)[C@](C)(CCCCN)NC(=O)[C@H](CC(=O)O)NC(=O)[C@H](Cc1ccc(OCCN)cc1)NC(=O)[C@@H]1CSCC[C@H](NC(C)=O)C(=O)N[C@@H](CCC(N)=O)C(=O)N[C@@H]([C@@H](C)O)C(=O)N[C@@H](CC(=O)O)C(=O)N[C@@H](CCC(N)=O)C(=O)N1)C(=O)N[C@@H](CC(N)=O)C(=O)NCC(N)=O. The Bertz CT molecular complexity index is 3310. The maximum absolute atomic E-state index is 15.1. The van der Waals surface area contributed by atoms with E-state index < -0.39 is 242 Å². The number of hydrogen-bond acceptors (Lipinski definition) is 24. The number of benzene rings is 1. The van der Waals surface area contributed by atoms with Gasteiger partial charge >= 0.3 is 11.9 Å². The van der Waals surface area contributed by atoms with Crippen molar-refractivity contribution < 1.29 is 111 Å². The first-order chi connectivity index (χ1) is 49.8. The van der Waals surface area contributed by atoms with Crippen LogP contribution in [0.15, 0.2) is 24.3 Å². The van der Waals surface area contributed by atoms with Gasteiger partial charge in [-0.05, 0) is 102 Å². The highest BCUT2D eigenvalue weighted by Crippen LogP contribution is 2.20. The van der Waals surface area contributed by atoms with Crippen LogP contribution in [-0.4, -0.2) is 244 Å². The second-order valence-corrected chi connectivity index (χ2v) is 26.0. The second kappa shape index (κ2) is 46.8. The van der Waals surface area contributed by atoms with Gasteiger partial charge in [-0.25, -0.2) is 0 Å². The molecule has 590 valence electrons. The molecule has 0 radical (unpaired) electrons. The van der Waals surface area contributed by atoms with E-state index in [0.29, 0.717) is 0 Å². The summed E-state index contributed by atoms with van der Waals surface area (Å²) >= 11 is 0.810. The van der Waals surface area contributed by atoms with Crippen LogP contribution in [0.3, 0.4) is 0 Å². The minimum absolute atomic E-state index is 0.0542. The summed E-state index contributed by atoms with van der Waals surface area (Å²) in [6.07, 6.45) is -8.33. The summed E-state index contributed by atoms with van der Waals surface area (Å²) in [6, 6.07) is -12.9. The predicted octanol–water partition coefficient (Wildman–Crippen LogP) is -9.78. The van der Waals surface area contributed by atoms with Crippen molar-refractivity contribution in [1.82, 2.24) is 69.1 Å². The van der Waals surface area contributed by atoms with Crippen LogP contribution in [0.25, 0.3) is 0 Å². The first-order valence-electron chi connectivity index (χ1n) is 33.6. The summed E-state index contributed by atoms with van der Waals surface area (Å²) < 4.78 is 5.58. The molecular weight excluding hydrogens is 1420 g/mol. The lowest BCUT2D eigenvalue weighted by Crippen LogP contribution is -2.64. The molecule has 0 saturated carbocycles. The number of nitrogens with two attached hydrogens (primary N) is 6. The van der Waals surface area contributed by atoms with Crippen LogP contribution in [0, 0.1) is 0 Å². The number of unbranched alkanes of at least 4 members (excludes halogenated alkanes) is 2. The summed E-state index contributed by atoms with van der Waals surface area (Å²) in [4.78, 5) is 254. The van der Waals surface area contributed by atoms with E-state index in [1.54, 1.807) is 0 Å². The number of primary amides is 4. The van der Waals surface area contributed by atoms with Crippen LogP contribution in [0.5, 0.6) is 5.75 Å². The Balaban J connectivity index is 2.93. The number of aliphatic carboxylic acids is 2. The molecule has 1 fully saturated rings. The molecule has 1 aromatic carbocycles. The van der Waals surface area contributed by atoms with E-state index in [1.165, 1.54) is 38.1 Å². The third-order valence-electron chi connectivity index (χ3n) is 15.7. The number of carboxylic acids is 2. The molecule has 1 heterocycles. The zero-order valence-electron chi connectivity index (χ0n) is 59.1. The van der Waals surface area contributed by atoms with Crippen molar-refractivity contribution in [3.8, 4) is 5.75 Å². The maximum atomic E-state index is 15.1. The number of nitrogens with one attached hydrogen (secondary N) is 13. The smallest absolute Gasteiger partial charge is 0.305 e. The fraction of sp³-hybridized carbons (Fsp3) is 0.603. The zero-order valence-corrected chi connectivity index (χ0v) is 59.9. The molecule has 28 N–H and O–H groups in total. The number of aliphatic hydroxyl groups excluding tert-OH is 1. The lowest BCUT2D eigenvalue weighted by atomic mass is 9.91. The third-order valence-corrected chi connectivity index (χ3v) is 16.8. The van der Waals surface area contributed by atoms with Crippen LogP contribution in [0.2, 0.25) is 0 Å². The Morgan fingerprint density at radius 3 is 1.72 bits per heavy atom. The lowest BCUT2D eigenvalue weighted by Gasteiger charge is -2.33. The molecule has 1 aliphatic heterocycles. The summed E-state index contributed by atoms with van der Waals surface area (Å²) in [7, 11) is 0. The topological polar surface area (TPSA) is 707 Å². The van der Waals surface area contributed by atoms with E-state index >= 15 is 4.79 Å². The monoisotopic (exact) mass is 1520 g/mol. The highest BCUT2D eigenvalue weighted by molar-refractivity contribution is 7.99. The summed E-state index contributed by atoms with van der Waals surface area (Å²) in [5, 5.41) is 61.4. The van der Waals surface area contributed by atoms with Crippen molar-refractivity contribution in [1.29, 1.82) is 0 Å². The average Bonchev–Trinajstić information content (AvgIpc) is 0.825. The van der Waals surface area contributed by atoms with Gasteiger partial charge in [-0.15, -0.1) is 0 Å². The van der Waals surface area contributed by atoms with Crippen molar-refractivity contribution in [3.63, 3.8) is 0 Å². The fourth-order valence-corrected chi connectivity index (χ4v) is 11.2. The molecule has 106 heavy (non-hydrogen) atoms. The van der Waals surface area contributed by atoms with E-state index in [-0.39, 0.29) is 94.2 Å². The van der Waals surface area contributed by atoms with Gasteiger partial charge < -0.3 is 124 Å². The van der Waals surface area contributed by atoms with Gasteiger partial charge in [-0.2, -0.15) is 11.8 Å². The van der Waals surface area contributed by atoms with Gasteiger partial charge in [0.15, 0.2) is 0 Å². The first-order valence-corrected chi connectivity index (χ1v) is 34.7. The number of carbonyl (C=O) groups excluding carboxylic acids is 17. The molecule has 0 spiro atoms. The minimum Gasteiger partial charge on any atom is -0.492 e. The Morgan fingerprint density at radius 2 is 1.18 bits per heavy atom. The van der Waals surface area contributed by atoms with Gasteiger partial charge in [-0.1, -0.05) is 12.1 Å². The highest BCUT2D eigenvalue weighted by atomic mass is 32.2. The van der Waals surface area contributed by atoms with E-state index in [4.69, 9.17) is 39.1 Å². The number of carboxylic acid groups (broad SMARTS) is 2. The number of thioether (sulfide) groups is 1. The normalized spacial score (nSPS) is 19.4. The fourth-order valence-electron chi connectivity index (χ4n) is 10.1. The Labute approximate surface area is 612 Å². The van der Waals surface area contributed by atoms with Crippen molar-refractivity contribution >= 4 is 124 Å². The maximum Gasteiger partial charge on any atom is 0.305 e. The van der Waals surface area contributed by atoms with Crippen molar-refractivity contribution in [2.24, 2.45) is 34.4 Å². The molecule has 1 saturated heterocycles. The lowest BCUT2D eigenvalue weighted by molar-refractivity contribution is -0.142. The third kappa shape index (κ3) is 35.1. The van der Waals surface area contributed by atoms with Crippen LogP contribution in [0.1, 0.15) is 123 Å². The van der Waals surface area contributed by atoms with Crippen LogP contribution in [0.4, 0.5) is 0 Å². The molecule has 17 amide bonds. The molecule has 1 aliphatic rings. The van der Waals surface area contributed by atoms with Crippen molar-refractivity contribution in [2.45, 2.75) is 196 Å². The van der Waals surface area contributed by atoms with Gasteiger partial charge in [0.1, 0.15) is 78.3 Å². The minimum atomic E-state index is -2.16. The van der Waals surface area contributed by atoms with Crippen molar-refractivity contribution in [2.75, 3.05) is 44.3 Å². The predicted molar refractivity (Wildman–Crippen MR) is 373 cm³/mol. The number of amides is 17. The molecule has 0 unspecified atom stereocenters. The van der Waals surface area contributed by atoms with Crippen LogP contribution < -0.4 is 108 Å². The van der Waals surface area contributed by atoms with Gasteiger partial charge in [0.05, 0.1) is 31.9 Å². The molecule has 1 aromatic rings. The Morgan fingerprint density at radius 1 is 0.604 bits per heavy atom. The molecule has 42 nitrogen and oxygen atoms in total. The molecule has 43 heteroatoms. The number of rotatable bonds is 41. The van der Waals surface area contributed by atoms with E-state index in [2.05, 4.69) is 69.1 Å². The van der Waals surface area contributed by atoms with Gasteiger partial charge in [0.25, 0.3) is 0 Å². The number of hydrogen-bond donors (Lipinski definition) is 22. The van der Waals surface area contributed by atoms with Crippen molar-refractivity contribution in [3.05, 3.63) is 29.8 Å². The van der Waals surface area contributed by atoms with E-state index in [0.717, 1.165) is 25.6 Å². The van der Waals surface area contributed by atoms with Gasteiger partial charge in [-0.3, -0.25) is 91.1 Å². The quantitative estimate of drug-likeness (QED) is 0.0271. The van der Waals surface area contributed by atoms with Gasteiger partial charge in [0, 0.05) is 52.0 Å². The van der Waals surface area contributed by atoms with Gasteiger partial charge in [0.2, 0.25) is 100 Å². The summed E-state index contributed by atoms with van der Waals surface area (Å²) in [5.74, 6) is -22.8. The molecular formula is C63H99N19O23S. The number of aliphatic hydroxyl groups is 1.